The van der Waals surface area contributed by atoms with Crippen molar-refractivity contribution < 1.29 is 0 Å². The van der Waals surface area contributed by atoms with Crippen LogP contribution >= 0.6 is 0 Å². The Kier molecular flexibility index (Phi) is 4.25. The summed E-state index contributed by atoms with van der Waals surface area (Å²) in [5.41, 5.74) is 0. The first-order chi connectivity index (χ1) is 8.85. The fourth-order valence-corrected chi connectivity index (χ4v) is 4.24. The molecule has 2 aliphatic carbocycles. The van der Waals surface area contributed by atoms with Gasteiger partial charge in [-0.25, -0.2) is 0 Å². The van der Waals surface area contributed by atoms with Gasteiger partial charge in [0.1, 0.15) is 0 Å². The van der Waals surface area contributed by atoms with E-state index in [-0.39, 0.29) is 0 Å². The van der Waals surface area contributed by atoms with E-state index in [9.17, 15) is 0 Å². The first-order valence-electron chi connectivity index (χ1n) is 8.32. The van der Waals surface area contributed by atoms with Crippen LogP contribution in [0.15, 0.2) is 0 Å². The minimum atomic E-state index is 0.771. The smallest absolute Gasteiger partial charge is 0.0198 e. The largest absolute Gasteiger partial charge is 0.313 e. The summed E-state index contributed by atoms with van der Waals surface area (Å²) in [5, 5.41) is 3.72. The molecule has 0 spiro atoms. The van der Waals surface area contributed by atoms with Crippen molar-refractivity contribution in [3.05, 3.63) is 0 Å². The molecule has 104 valence electrons. The molecule has 0 aromatic carbocycles. The molecule has 2 saturated carbocycles. The summed E-state index contributed by atoms with van der Waals surface area (Å²) in [6.45, 7) is 6.12. The second-order valence-corrected chi connectivity index (χ2v) is 6.93. The lowest BCUT2D eigenvalue weighted by Gasteiger charge is -2.41. The number of rotatable bonds is 5. The molecule has 2 heteroatoms. The second-order valence-electron chi connectivity index (χ2n) is 6.93. The summed E-state index contributed by atoms with van der Waals surface area (Å²) >= 11 is 0. The lowest BCUT2D eigenvalue weighted by Crippen LogP contribution is -2.52. The average Bonchev–Trinajstić information content (AvgIpc) is 3.00. The maximum atomic E-state index is 3.72. The van der Waals surface area contributed by atoms with Crippen LogP contribution < -0.4 is 5.32 Å². The molecule has 1 saturated heterocycles. The van der Waals surface area contributed by atoms with Crippen molar-refractivity contribution in [2.45, 2.75) is 70.4 Å². The molecule has 18 heavy (non-hydrogen) atoms. The molecule has 2 nitrogen and oxygen atoms in total. The fraction of sp³-hybridized carbons (Fsp3) is 1.00. The van der Waals surface area contributed by atoms with Crippen LogP contribution in [0.4, 0.5) is 0 Å². The van der Waals surface area contributed by atoms with E-state index in [4.69, 9.17) is 0 Å². The maximum Gasteiger partial charge on any atom is 0.0198 e. The van der Waals surface area contributed by atoms with Gasteiger partial charge in [0.05, 0.1) is 0 Å². The predicted octanol–water partition coefficient (Wildman–Crippen LogP) is 3.03. The molecule has 0 radical (unpaired) electrons. The highest BCUT2D eigenvalue weighted by Gasteiger charge is 2.34. The number of hydrogen-bond donors (Lipinski definition) is 1. The van der Waals surface area contributed by atoms with Gasteiger partial charge in [0.15, 0.2) is 0 Å². The third kappa shape index (κ3) is 3.27. The highest BCUT2D eigenvalue weighted by atomic mass is 15.2. The molecule has 0 bridgehead atoms. The summed E-state index contributed by atoms with van der Waals surface area (Å²) in [6.07, 6.45) is 11.9. The van der Waals surface area contributed by atoms with Gasteiger partial charge in [0.25, 0.3) is 0 Å². The summed E-state index contributed by atoms with van der Waals surface area (Å²) in [4.78, 5) is 2.84. The molecule has 3 fully saturated rings. The number of nitrogens with one attached hydrogen (secondary N) is 1. The van der Waals surface area contributed by atoms with Crippen LogP contribution in [-0.4, -0.2) is 36.6 Å². The van der Waals surface area contributed by atoms with E-state index in [1.807, 2.05) is 0 Å². The molecule has 3 aliphatic rings. The van der Waals surface area contributed by atoms with Crippen LogP contribution in [0.2, 0.25) is 0 Å². The predicted molar refractivity (Wildman–Crippen MR) is 76.7 cm³/mol. The van der Waals surface area contributed by atoms with Gasteiger partial charge in [-0.05, 0) is 44.1 Å². The molecule has 0 aromatic heterocycles. The summed E-state index contributed by atoms with van der Waals surface area (Å²) in [7, 11) is 0. The van der Waals surface area contributed by atoms with E-state index >= 15 is 0 Å². The topological polar surface area (TPSA) is 15.3 Å². The average molecular weight is 250 g/mol. The third-order valence-electron chi connectivity index (χ3n) is 5.26. The Bertz CT molecular complexity index is 256. The van der Waals surface area contributed by atoms with Crippen molar-refractivity contribution in [1.29, 1.82) is 0 Å². The van der Waals surface area contributed by atoms with E-state index in [0.29, 0.717) is 0 Å². The van der Waals surface area contributed by atoms with Crippen molar-refractivity contribution in [2.75, 3.05) is 19.6 Å². The Morgan fingerprint density at radius 2 is 1.78 bits per heavy atom. The zero-order chi connectivity index (χ0) is 12.4. The number of likely N-dealkylation sites (N-methyl/N-ethyl adjacent to an activating group) is 1. The molecule has 1 N–H and O–H groups in total. The molecule has 2 unspecified atom stereocenters. The molecular weight excluding hydrogens is 220 g/mol. The van der Waals surface area contributed by atoms with Crippen LogP contribution in [0.25, 0.3) is 0 Å². The summed E-state index contributed by atoms with van der Waals surface area (Å²) in [6, 6.07) is 1.70. The van der Waals surface area contributed by atoms with Gasteiger partial charge < -0.3 is 5.32 Å². The van der Waals surface area contributed by atoms with Gasteiger partial charge >= 0.3 is 0 Å². The van der Waals surface area contributed by atoms with Crippen molar-refractivity contribution in [3.63, 3.8) is 0 Å². The lowest BCUT2D eigenvalue weighted by atomic mass is 9.88. The zero-order valence-electron chi connectivity index (χ0n) is 12.0. The molecule has 0 aromatic rings. The number of hydrogen-bond acceptors (Lipinski definition) is 2. The van der Waals surface area contributed by atoms with Crippen molar-refractivity contribution in [1.82, 2.24) is 10.2 Å². The van der Waals surface area contributed by atoms with Gasteiger partial charge in [0, 0.05) is 25.2 Å². The Morgan fingerprint density at radius 1 is 1.00 bits per heavy atom. The molecular formula is C16H30N2. The fourth-order valence-electron chi connectivity index (χ4n) is 4.24. The maximum absolute atomic E-state index is 3.72. The van der Waals surface area contributed by atoms with Crippen LogP contribution in [0.5, 0.6) is 0 Å². The minimum Gasteiger partial charge on any atom is -0.313 e. The van der Waals surface area contributed by atoms with Gasteiger partial charge in [-0.2, -0.15) is 0 Å². The molecule has 1 heterocycles. The summed E-state index contributed by atoms with van der Waals surface area (Å²) < 4.78 is 0. The van der Waals surface area contributed by atoms with Crippen LogP contribution in [-0.2, 0) is 0 Å². The molecule has 3 rings (SSSR count). The van der Waals surface area contributed by atoms with E-state index < -0.39 is 0 Å². The Balaban J connectivity index is 1.57. The van der Waals surface area contributed by atoms with Crippen LogP contribution in [0.1, 0.15) is 58.3 Å². The highest BCUT2D eigenvalue weighted by molar-refractivity contribution is 4.90. The molecule has 1 aliphatic heterocycles. The standard InChI is InChI=1S/C16H30N2/c1-2-17-15-10-14(9-13-7-8-13)11-18(12-15)16-5-3-4-6-16/h13-17H,2-12H2,1H3. The van der Waals surface area contributed by atoms with E-state index in [1.54, 1.807) is 0 Å². The zero-order valence-corrected chi connectivity index (χ0v) is 12.0. The first kappa shape index (κ1) is 12.9. The second kappa shape index (κ2) is 5.92. The van der Waals surface area contributed by atoms with Crippen LogP contribution in [0, 0.1) is 11.8 Å². The molecule has 0 amide bonds. The van der Waals surface area contributed by atoms with Gasteiger partial charge in [0.2, 0.25) is 0 Å². The van der Waals surface area contributed by atoms with Crippen molar-refractivity contribution >= 4 is 0 Å². The van der Waals surface area contributed by atoms with E-state index in [1.165, 1.54) is 64.5 Å². The number of piperidine rings is 1. The normalized spacial score (nSPS) is 35.2. The summed E-state index contributed by atoms with van der Waals surface area (Å²) in [5.74, 6) is 2.08. The van der Waals surface area contributed by atoms with Crippen molar-refractivity contribution in [3.8, 4) is 0 Å². The van der Waals surface area contributed by atoms with E-state index in [0.717, 1.165) is 30.5 Å². The number of nitrogens with zero attached hydrogens (tertiary/aromatic N) is 1. The Morgan fingerprint density at radius 3 is 2.44 bits per heavy atom. The minimum absolute atomic E-state index is 0.771. The quantitative estimate of drug-likeness (QED) is 0.807. The van der Waals surface area contributed by atoms with Gasteiger partial charge in [-0.15, -0.1) is 0 Å². The highest BCUT2D eigenvalue weighted by Crippen LogP contribution is 2.38. The number of likely N-dealkylation sites (tertiary alicyclic amines) is 1. The molecule has 2 atom stereocenters. The van der Waals surface area contributed by atoms with Crippen molar-refractivity contribution in [2.24, 2.45) is 11.8 Å². The Labute approximate surface area is 113 Å². The lowest BCUT2D eigenvalue weighted by molar-refractivity contribution is 0.0936. The van der Waals surface area contributed by atoms with Gasteiger partial charge in [-0.3, -0.25) is 4.90 Å². The monoisotopic (exact) mass is 250 g/mol. The third-order valence-corrected chi connectivity index (χ3v) is 5.26. The SMILES string of the molecule is CCNC1CC(CC2CC2)CN(C2CCCC2)C1. The van der Waals surface area contributed by atoms with E-state index in [2.05, 4.69) is 17.1 Å². The van der Waals surface area contributed by atoms with Gasteiger partial charge in [-0.1, -0.05) is 32.6 Å². The van der Waals surface area contributed by atoms with Crippen LogP contribution in [0.3, 0.4) is 0 Å². The first-order valence-corrected chi connectivity index (χ1v) is 8.32. The Hall–Kier alpha value is -0.0800.